The van der Waals surface area contributed by atoms with E-state index in [-0.39, 0.29) is 16.9 Å². The number of aryl methyl sites for hydroxylation is 2. The predicted molar refractivity (Wildman–Crippen MR) is 141 cm³/mol. The third-order valence-electron chi connectivity index (χ3n) is 6.80. The number of rotatable bonds is 8. The zero-order chi connectivity index (χ0) is 26.3. The molecule has 1 aromatic heterocycles. The summed E-state index contributed by atoms with van der Waals surface area (Å²) >= 11 is 0. The summed E-state index contributed by atoms with van der Waals surface area (Å²) in [5.74, 6) is -0.503. The first kappa shape index (κ1) is 24.4. The molecule has 7 nitrogen and oxygen atoms in total. The first-order valence-electron chi connectivity index (χ1n) is 12.3. The van der Waals surface area contributed by atoms with Crippen LogP contribution in [0.4, 0.5) is 0 Å². The molecule has 0 saturated carbocycles. The Balaban J connectivity index is 1.40. The molecule has 0 fully saturated rings. The van der Waals surface area contributed by atoms with Crippen molar-refractivity contribution in [2.75, 3.05) is 6.61 Å². The summed E-state index contributed by atoms with van der Waals surface area (Å²) in [4.78, 5) is 26.6. The molecule has 0 spiro atoms. The lowest BCUT2D eigenvalue weighted by atomic mass is 9.95. The van der Waals surface area contributed by atoms with Crippen molar-refractivity contribution < 1.29 is 29.3 Å². The number of carboxylic acid groups (broad SMARTS) is 2. The topological polar surface area (TPSA) is 109 Å². The van der Waals surface area contributed by atoms with Gasteiger partial charge in [0, 0.05) is 22.9 Å². The van der Waals surface area contributed by atoms with Gasteiger partial charge in [-0.05, 0) is 68.5 Å². The Bertz CT molecular complexity index is 1530. The Labute approximate surface area is 214 Å². The quantitative estimate of drug-likeness (QED) is 0.247. The van der Waals surface area contributed by atoms with Crippen LogP contribution in [-0.4, -0.2) is 39.3 Å². The summed E-state index contributed by atoms with van der Waals surface area (Å²) in [6.07, 6.45) is 1.97. The predicted octanol–water partition coefficient (Wildman–Crippen LogP) is 6.26. The normalized spacial score (nSPS) is 13.8. The van der Waals surface area contributed by atoms with Gasteiger partial charge in [0.05, 0.1) is 17.7 Å². The van der Waals surface area contributed by atoms with Gasteiger partial charge in [0.25, 0.3) is 0 Å². The van der Waals surface area contributed by atoms with Crippen LogP contribution >= 0.6 is 0 Å². The molecule has 0 unspecified atom stereocenters. The molecule has 190 valence electrons. The van der Waals surface area contributed by atoms with Crippen molar-refractivity contribution in [2.45, 2.75) is 45.6 Å². The highest BCUT2D eigenvalue weighted by atomic mass is 16.5. The van der Waals surface area contributed by atoms with Gasteiger partial charge >= 0.3 is 11.9 Å². The number of para-hydroxylation sites is 2. The number of fused-ring (bicyclic) bond motifs is 2. The number of benzene rings is 3. The van der Waals surface area contributed by atoms with Crippen molar-refractivity contribution in [3.63, 3.8) is 0 Å². The highest BCUT2D eigenvalue weighted by molar-refractivity contribution is 6.03. The average Bonchev–Trinajstić information content (AvgIpc) is 3.38. The van der Waals surface area contributed by atoms with Crippen LogP contribution in [-0.2, 0) is 12.8 Å². The molecule has 7 heteroatoms. The second-order valence-electron chi connectivity index (χ2n) is 10.1. The molecule has 1 aliphatic rings. The maximum absolute atomic E-state index is 12.1. The molecule has 0 radical (unpaired) electrons. The number of aromatic nitrogens is 1. The molecule has 0 atom stereocenters. The number of aromatic amines is 1. The summed E-state index contributed by atoms with van der Waals surface area (Å²) in [7, 11) is 0. The summed E-state index contributed by atoms with van der Waals surface area (Å²) < 4.78 is 12.1. The largest absolute Gasteiger partial charge is 0.490 e. The molecule has 4 aromatic rings. The molecular formula is C30H29NO6. The van der Waals surface area contributed by atoms with Crippen LogP contribution in [0.25, 0.3) is 22.0 Å². The number of H-pyrrole nitrogens is 1. The second-order valence-corrected chi connectivity index (χ2v) is 10.1. The van der Waals surface area contributed by atoms with Crippen molar-refractivity contribution in [1.29, 1.82) is 0 Å². The summed E-state index contributed by atoms with van der Waals surface area (Å²) in [6, 6.07) is 16.6. The molecule has 0 aliphatic carbocycles. The van der Waals surface area contributed by atoms with Crippen LogP contribution in [0.5, 0.6) is 11.5 Å². The van der Waals surface area contributed by atoms with E-state index in [1.165, 1.54) is 0 Å². The van der Waals surface area contributed by atoms with Crippen molar-refractivity contribution in [3.8, 4) is 22.6 Å². The Morgan fingerprint density at radius 2 is 1.81 bits per heavy atom. The third kappa shape index (κ3) is 4.65. The maximum Gasteiger partial charge on any atom is 0.352 e. The Kier molecular flexibility index (Phi) is 6.15. The Hall–Kier alpha value is -4.26. The van der Waals surface area contributed by atoms with Crippen molar-refractivity contribution >= 4 is 22.8 Å². The number of hydrogen-bond acceptors (Lipinski definition) is 4. The molecule has 3 N–H and O–H groups in total. The highest BCUT2D eigenvalue weighted by Gasteiger charge is 2.32. The molecule has 0 saturated heterocycles. The van der Waals surface area contributed by atoms with E-state index < -0.39 is 11.9 Å². The smallest absolute Gasteiger partial charge is 0.352 e. The SMILES string of the molecule is Cc1cc(C(=O)O)ccc1-c1cccc2c(CCCOc3cccc4c3OC(C)(C)C4)c(C(=O)O)[nH]c12. The maximum atomic E-state index is 12.1. The molecule has 2 heterocycles. The van der Waals surface area contributed by atoms with Crippen molar-refractivity contribution in [3.05, 3.63) is 82.5 Å². The van der Waals surface area contributed by atoms with Gasteiger partial charge < -0.3 is 24.7 Å². The van der Waals surface area contributed by atoms with Gasteiger partial charge in [0.15, 0.2) is 11.5 Å². The van der Waals surface area contributed by atoms with Crippen LogP contribution in [0.1, 0.15) is 57.8 Å². The van der Waals surface area contributed by atoms with Crippen LogP contribution in [0.2, 0.25) is 0 Å². The minimum absolute atomic E-state index is 0.160. The fourth-order valence-electron chi connectivity index (χ4n) is 5.17. The van der Waals surface area contributed by atoms with Gasteiger partial charge in [0.1, 0.15) is 11.3 Å². The van der Waals surface area contributed by atoms with E-state index >= 15 is 0 Å². The number of ether oxygens (including phenoxy) is 2. The molecular weight excluding hydrogens is 470 g/mol. The van der Waals surface area contributed by atoms with Gasteiger partial charge in [-0.1, -0.05) is 36.4 Å². The van der Waals surface area contributed by atoms with Gasteiger partial charge in [-0.25, -0.2) is 9.59 Å². The summed E-state index contributed by atoms with van der Waals surface area (Å²) in [5.41, 5.74) is 5.17. The summed E-state index contributed by atoms with van der Waals surface area (Å²) in [5, 5.41) is 20.1. The standard InChI is InChI=1S/C30H29NO6/c1-17-15-18(28(32)33)12-13-20(17)21-8-5-9-22-23(26(29(34)35)31-25(21)22)10-6-14-36-24-11-4-7-19-16-30(2,3)37-27(19)24/h4-5,7-9,11-13,15,31H,6,10,14,16H2,1-3H3,(H,32,33)(H,34,35). The number of carbonyl (C=O) groups is 2. The van der Waals surface area contributed by atoms with Crippen LogP contribution < -0.4 is 9.47 Å². The number of aromatic carboxylic acids is 2. The third-order valence-corrected chi connectivity index (χ3v) is 6.80. The molecule has 37 heavy (non-hydrogen) atoms. The Morgan fingerprint density at radius 3 is 2.54 bits per heavy atom. The zero-order valence-corrected chi connectivity index (χ0v) is 21.1. The van der Waals surface area contributed by atoms with E-state index in [4.69, 9.17) is 9.47 Å². The van der Waals surface area contributed by atoms with E-state index in [0.717, 1.165) is 50.9 Å². The first-order chi connectivity index (χ1) is 17.6. The average molecular weight is 500 g/mol. The molecule has 5 rings (SSSR count). The van der Waals surface area contributed by atoms with E-state index in [9.17, 15) is 19.8 Å². The van der Waals surface area contributed by atoms with Gasteiger partial charge in [-0.3, -0.25) is 0 Å². The van der Waals surface area contributed by atoms with E-state index in [2.05, 4.69) is 24.9 Å². The van der Waals surface area contributed by atoms with Crippen LogP contribution in [0.3, 0.4) is 0 Å². The monoisotopic (exact) mass is 499 g/mol. The zero-order valence-electron chi connectivity index (χ0n) is 21.1. The van der Waals surface area contributed by atoms with Crippen molar-refractivity contribution in [2.24, 2.45) is 0 Å². The first-order valence-corrected chi connectivity index (χ1v) is 12.3. The van der Waals surface area contributed by atoms with E-state index in [1.54, 1.807) is 18.2 Å². The van der Waals surface area contributed by atoms with E-state index in [1.807, 2.05) is 37.3 Å². The lowest BCUT2D eigenvalue weighted by Gasteiger charge is -2.18. The number of nitrogens with one attached hydrogen (secondary N) is 1. The van der Waals surface area contributed by atoms with E-state index in [0.29, 0.717) is 25.2 Å². The minimum atomic E-state index is -1.02. The van der Waals surface area contributed by atoms with Gasteiger partial charge in [-0.2, -0.15) is 0 Å². The molecule has 1 aliphatic heterocycles. The van der Waals surface area contributed by atoms with Crippen LogP contribution in [0.15, 0.2) is 54.6 Å². The lowest BCUT2D eigenvalue weighted by Crippen LogP contribution is -2.24. The molecule has 3 aromatic carbocycles. The minimum Gasteiger partial charge on any atom is -0.490 e. The fraction of sp³-hybridized carbons (Fsp3) is 0.267. The van der Waals surface area contributed by atoms with Gasteiger partial charge in [0.2, 0.25) is 0 Å². The molecule has 0 bridgehead atoms. The summed E-state index contributed by atoms with van der Waals surface area (Å²) in [6.45, 7) is 6.38. The number of carboxylic acids is 2. The van der Waals surface area contributed by atoms with Gasteiger partial charge in [-0.15, -0.1) is 0 Å². The lowest BCUT2D eigenvalue weighted by molar-refractivity contribution is 0.0682. The fourth-order valence-corrected chi connectivity index (χ4v) is 5.17. The number of hydrogen-bond donors (Lipinski definition) is 3. The van der Waals surface area contributed by atoms with Crippen molar-refractivity contribution in [1.82, 2.24) is 4.98 Å². The Morgan fingerprint density at radius 1 is 1.03 bits per heavy atom. The van der Waals surface area contributed by atoms with Crippen LogP contribution in [0, 0.1) is 6.92 Å². The molecule has 0 amide bonds. The highest BCUT2D eigenvalue weighted by Crippen LogP contribution is 2.42. The second kappa shape index (κ2) is 9.32.